The average Bonchev–Trinajstić information content (AvgIpc) is 1.97. The standard InChI is InChI=1S/C4H11NO5/c6-1-3-9-5(8)10-4-2-7/h6-8H,1-4H2. The second kappa shape index (κ2) is 6.87. The van der Waals surface area contributed by atoms with Crippen LogP contribution in [0.2, 0.25) is 0 Å². The number of nitrogens with zero attached hydrogens (tertiary/aromatic N) is 1. The van der Waals surface area contributed by atoms with Crippen molar-refractivity contribution in [1.82, 2.24) is 5.39 Å². The molecule has 0 aromatic heterocycles. The Morgan fingerprint density at radius 1 is 1.00 bits per heavy atom. The van der Waals surface area contributed by atoms with Crippen molar-refractivity contribution < 1.29 is 25.1 Å². The number of hydrogen-bond donors (Lipinski definition) is 3. The van der Waals surface area contributed by atoms with E-state index in [1.54, 1.807) is 0 Å². The summed E-state index contributed by atoms with van der Waals surface area (Å²) in [5.41, 5.74) is 0. The molecule has 0 rings (SSSR count). The van der Waals surface area contributed by atoms with Gasteiger partial charge in [0.2, 0.25) is 0 Å². The highest BCUT2D eigenvalue weighted by molar-refractivity contribution is 4.15. The van der Waals surface area contributed by atoms with E-state index in [4.69, 9.17) is 15.4 Å². The van der Waals surface area contributed by atoms with Gasteiger partial charge in [0.1, 0.15) is 0 Å². The van der Waals surface area contributed by atoms with Gasteiger partial charge in [-0.05, 0) is 0 Å². The van der Waals surface area contributed by atoms with Crippen LogP contribution in [0.3, 0.4) is 0 Å². The summed E-state index contributed by atoms with van der Waals surface area (Å²) in [4.78, 5) is 8.60. The van der Waals surface area contributed by atoms with E-state index in [9.17, 15) is 0 Å². The molecule has 0 radical (unpaired) electrons. The summed E-state index contributed by atoms with van der Waals surface area (Å²) in [5, 5.41) is 24.9. The van der Waals surface area contributed by atoms with Crippen molar-refractivity contribution in [2.45, 2.75) is 0 Å². The zero-order valence-electron chi connectivity index (χ0n) is 5.43. The highest BCUT2D eigenvalue weighted by atomic mass is 17.1. The van der Waals surface area contributed by atoms with Crippen LogP contribution in [0.15, 0.2) is 0 Å². The Balaban J connectivity index is 3.00. The minimum atomic E-state index is -0.209. The molecular weight excluding hydrogens is 142 g/mol. The number of aliphatic hydroxyl groups is 2. The lowest BCUT2D eigenvalue weighted by Gasteiger charge is -2.10. The highest BCUT2D eigenvalue weighted by Crippen LogP contribution is 1.84. The quantitative estimate of drug-likeness (QED) is 0.404. The minimum absolute atomic E-state index is 0.0536. The average molecular weight is 153 g/mol. The van der Waals surface area contributed by atoms with Crippen LogP contribution in [-0.4, -0.2) is 47.2 Å². The second-order valence-electron chi connectivity index (χ2n) is 1.35. The van der Waals surface area contributed by atoms with Gasteiger partial charge in [0.15, 0.2) is 0 Å². The number of aliphatic hydroxyl groups excluding tert-OH is 2. The van der Waals surface area contributed by atoms with Gasteiger partial charge in [-0.1, -0.05) is 0 Å². The summed E-state index contributed by atoms with van der Waals surface area (Å²) in [6.07, 6.45) is 0. The molecule has 0 aliphatic rings. The Labute approximate surface area is 58.1 Å². The molecule has 0 amide bonds. The van der Waals surface area contributed by atoms with Gasteiger partial charge in [-0.3, -0.25) is 5.21 Å². The molecule has 0 fully saturated rings. The first-order chi connectivity index (χ1) is 4.81. The van der Waals surface area contributed by atoms with Gasteiger partial charge < -0.3 is 10.2 Å². The zero-order valence-corrected chi connectivity index (χ0v) is 5.43. The Morgan fingerprint density at radius 3 is 1.70 bits per heavy atom. The fourth-order valence-corrected chi connectivity index (χ4v) is 0.275. The summed E-state index contributed by atoms with van der Waals surface area (Å²) in [6, 6.07) is 0. The van der Waals surface area contributed by atoms with Crippen molar-refractivity contribution >= 4 is 0 Å². The van der Waals surface area contributed by atoms with Crippen molar-refractivity contribution in [3.8, 4) is 0 Å². The number of hydrogen-bond acceptors (Lipinski definition) is 6. The van der Waals surface area contributed by atoms with Gasteiger partial charge in [-0.2, -0.15) is 0 Å². The Bertz CT molecular complexity index is 62.7. The van der Waals surface area contributed by atoms with Crippen LogP contribution in [0.1, 0.15) is 0 Å². The van der Waals surface area contributed by atoms with Crippen LogP contribution in [-0.2, 0) is 9.68 Å². The van der Waals surface area contributed by atoms with Crippen LogP contribution in [0.4, 0.5) is 0 Å². The van der Waals surface area contributed by atoms with Crippen molar-refractivity contribution in [3.05, 3.63) is 0 Å². The molecular formula is C4H11NO5. The fourth-order valence-electron chi connectivity index (χ4n) is 0.275. The van der Waals surface area contributed by atoms with Gasteiger partial charge in [0.25, 0.3) is 0 Å². The van der Waals surface area contributed by atoms with E-state index in [2.05, 4.69) is 9.68 Å². The number of rotatable bonds is 6. The van der Waals surface area contributed by atoms with E-state index >= 15 is 0 Å². The maximum absolute atomic E-state index is 8.48. The van der Waals surface area contributed by atoms with E-state index in [1.165, 1.54) is 0 Å². The lowest BCUT2D eigenvalue weighted by Crippen LogP contribution is -2.23. The third kappa shape index (κ3) is 5.89. The molecule has 0 heterocycles. The van der Waals surface area contributed by atoms with Gasteiger partial charge in [0, 0.05) is 0 Å². The van der Waals surface area contributed by atoms with E-state index in [0.29, 0.717) is 0 Å². The normalized spacial score (nSPS) is 10.8. The summed E-state index contributed by atoms with van der Waals surface area (Å²) in [6.45, 7) is -0.525. The van der Waals surface area contributed by atoms with Gasteiger partial charge in [-0.15, -0.1) is 0 Å². The summed E-state index contributed by atoms with van der Waals surface area (Å²) in [5.74, 6) is 0. The third-order valence-corrected chi connectivity index (χ3v) is 0.586. The maximum atomic E-state index is 8.48. The minimum Gasteiger partial charge on any atom is -0.394 e. The Hall–Kier alpha value is -0.240. The molecule has 0 aliphatic carbocycles. The molecule has 62 valence electrons. The highest BCUT2D eigenvalue weighted by Gasteiger charge is 1.97. The molecule has 0 aromatic carbocycles. The molecule has 6 heteroatoms. The summed E-state index contributed by atoms with van der Waals surface area (Å²) >= 11 is 0. The second-order valence-corrected chi connectivity index (χ2v) is 1.35. The smallest absolute Gasteiger partial charge is 0.0967 e. The van der Waals surface area contributed by atoms with Crippen LogP contribution < -0.4 is 0 Å². The fraction of sp³-hybridized carbons (Fsp3) is 1.00. The largest absolute Gasteiger partial charge is 0.394 e. The van der Waals surface area contributed by atoms with Crippen molar-refractivity contribution in [1.29, 1.82) is 0 Å². The molecule has 0 unspecified atom stereocenters. The predicted octanol–water partition coefficient (Wildman–Crippen LogP) is -1.47. The molecule has 6 nitrogen and oxygen atoms in total. The molecule has 10 heavy (non-hydrogen) atoms. The van der Waals surface area contributed by atoms with Gasteiger partial charge in [-0.25, -0.2) is 9.68 Å². The van der Waals surface area contributed by atoms with Crippen molar-refractivity contribution in [3.63, 3.8) is 0 Å². The van der Waals surface area contributed by atoms with E-state index in [-0.39, 0.29) is 31.8 Å². The van der Waals surface area contributed by atoms with Crippen LogP contribution in [0.25, 0.3) is 0 Å². The monoisotopic (exact) mass is 153 g/mol. The lowest BCUT2D eigenvalue weighted by molar-refractivity contribution is -0.511. The molecule has 0 spiro atoms. The van der Waals surface area contributed by atoms with Crippen LogP contribution in [0, 0.1) is 0 Å². The molecule has 0 bridgehead atoms. The first-order valence-electron chi connectivity index (χ1n) is 2.77. The molecule has 3 N–H and O–H groups in total. The van der Waals surface area contributed by atoms with Crippen LogP contribution >= 0.6 is 0 Å². The molecule has 0 saturated carbocycles. The van der Waals surface area contributed by atoms with E-state index in [0.717, 1.165) is 0 Å². The van der Waals surface area contributed by atoms with Gasteiger partial charge in [0.05, 0.1) is 31.8 Å². The third-order valence-electron chi connectivity index (χ3n) is 0.586. The topological polar surface area (TPSA) is 82.4 Å². The van der Waals surface area contributed by atoms with Gasteiger partial charge >= 0.3 is 0 Å². The van der Waals surface area contributed by atoms with Crippen molar-refractivity contribution in [2.75, 3.05) is 26.4 Å². The first kappa shape index (κ1) is 9.76. The Morgan fingerprint density at radius 2 is 1.40 bits per heavy atom. The van der Waals surface area contributed by atoms with E-state index in [1.807, 2.05) is 0 Å². The van der Waals surface area contributed by atoms with E-state index < -0.39 is 0 Å². The lowest BCUT2D eigenvalue weighted by atomic mass is 10.8. The first-order valence-corrected chi connectivity index (χ1v) is 2.77. The summed E-state index contributed by atoms with van der Waals surface area (Å²) < 4.78 is 0. The summed E-state index contributed by atoms with van der Waals surface area (Å²) in [7, 11) is 0. The molecule has 0 atom stereocenters. The zero-order chi connectivity index (χ0) is 7.82. The maximum Gasteiger partial charge on any atom is 0.0967 e. The van der Waals surface area contributed by atoms with Crippen molar-refractivity contribution in [2.24, 2.45) is 0 Å². The Kier molecular flexibility index (Phi) is 6.71. The molecule has 0 saturated heterocycles. The predicted molar refractivity (Wildman–Crippen MR) is 29.7 cm³/mol. The molecule has 0 aromatic rings. The van der Waals surface area contributed by atoms with Crippen LogP contribution in [0.5, 0.6) is 0 Å². The SMILES string of the molecule is OCCON(O)OCCO. The molecule has 0 aliphatic heterocycles.